The largest absolute Gasteiger partial charge is 0.379 e. The lowest BCUT2D eigenvalue weighted by atomic mass is 9.67. The number of nitrogens with one attached hydrogen (secondary N) is 2. The Morgan fingerprint density at radius 3 is 2.65 bits per heavy atom. The number of hydrogen-bond acceptors (Lipinski definition) is 4. The first-order valence-corrected chi connectivity index (χ1v) is 10.4. The number of guanidine groups is 1. The summed E-state index contributed by atoms with van der Waals surface area (Å²) in [5.41, 5.74) is 0.495. The number of nitrogens with zero attached hydrogens (tertiary/aromatic N) is 2. The molecule has 1 aromatic rings. The smallest absolute Gasteiger partial charge is 0.191 e. The fourth-order valence-electron chi connectivity index (χ4n) is 3.80. The number of rotatable bonds is 7. The highest BCUT2D eigenvalue weighted by Crippen LogP contribution is 2.43. The van der Waals surface area contributed by atoms with Gasteiger partial charge in [0.25, 0.3) is 0 Å². The average molecular weight is 492 g/mol. The van der Waals surface area contributed by atoms with Gasteiger partial charge in [-0.05, 0) is 36.1 Å². The fraction of sp³-hybridized carbons (Fsp3) is 0.737. The third kappa shape index (κ3) is 5.56. The van der Waals surface area contributed by atoms with Gasteiger partial charge in [-0.1, -0.05) is 19.4 Å². The van der Waals surface area contributed by atoms with Crippen LogP contribution in [0.5, 0.6) is 0 Å². The SMILES string of the molecule is CCC1(CNC(=NC)NCC(c2cccs2)N2CCOCC2)CCC1.I. The van der Waals surface area contributed by atoms with E-state index in [2.05, 4.69) is 45.0 Å². The highest BCUT2D eigenvalue weighted by atomic mass is 127. The van der Waals surface area contributed by atoms with Crippen molar-refractivity contribution in [2.24, 2.45) is 10.4 Å². The van der Waals surface area contributed by atoms with E-state index in [-0.39, 0.29) is 24.0 Å². The van der Waals surface area contributed by atoms with Crippen LogP contribution in [-0.4, -0.2) is 57.3 Å². The predicted molar refractivity (Wildman–Crippen MR) is 121 cm³/mol. The van der Waals surface area contributed by atoms with Crippen molar-refractivity contribution >= 4 is 41.3 Å². The van der Waals surface area contributed by atoms with Crippen LogP contribution in [0.3, 0.4) is 0 Å². The molecule has 5 nitrogen and oxygen atoms in total. The molecule has 2 fully saturated rings. The summed E-state index contributed by atoms with van der Waals surface area (Å²) in [7, 11) is 1.86. The van der Waals surface area contributed by atoms with Gasteiger partial charge in [0.15, 0.2) is 5.96 Å². The van der Waals surface area contributed by atoms with E-state index in [4.69, 9.17) is 4.74 Å². The van der Waals surface area contributed by atoms with Gasteiger partial charge in [0, 0.05) is 38.1 Å². The molecule has 3 rings (SSSR count). The molecular formula is C19H33IN4OS. The third-order valence-electron chi connectivity index (χ3n) is 5.84. The van der Waals surface area contributed by atoms with Gasteiger partial charge in [0.05, 0.1) is 19.3 Å². The molecule has 1 aliphatic carbocycles. The molecule has 1 aromatic heterocycles. The summed E-state index contributed by atoms with van der Waals surface area (Å²) in [6.07, 6.45) is 5.32. The van der Waals surface area contributed by atoms with Crippen molar-refractivity contribution < 1.29 is 4.74 Å². The molecule has 0 spiro atoms. The molecule has 0 radical (unpaired) electrons. The average Bonchev–Trinajstić information content (AvgIpc) is 3.15. The van der Waals surface area contributed by atoms with E-state index in [9.17, 15) is 0 Å². The molecule has 148 valence electrons. The maximum atomic E-state index is 5.53. The zero-order valence-corrected chi connectivity index (χ0v) is 19.1. The highest BCUT2D eigenvalue weighted by Gasteiger charge is 2.35. The molecular weight excluding hydrogens is 459 g/mol. The summed E-state index contributed by atoms with van der Waals surface area (Å²) < 4.78 is 5.53. The molecule has 1 saturated carbocycles. The van der Waals surface area contributed by atoms with Crippen molar-refractivity contribution in [3.05, 3.63) is 22.4 Å². The maximum absolute atomic E-state index is 5.53. The van der Waals surface area contributed by atoms with E-state index in [0.717, 1.165) is 45.4 Å². The standard InChI is InChI=1S/C19H32N4OS.HI/c1-3-19(7-5-8-19)15-22-18(20-2)21-14-16(17-6-4-13-25-17)23-9-11-24-12-10-23;/h4,6,13,16H,3,5,7-12,14-15H2,1-2H3,(H2,20,21,22);1H. The Bertz CT molecular complexity index is 536. The minimum Gasteiger partial charge on any atom is -0.379 e. The number of aliphatic imine (C=N–C) groups is 1. The minimum absolute atomic E-state index is 0. The fourth-order valence-corrected chi connectivity index (χ4v) is 4.66. The van der Waals surface area contributed by atoms with Gasteiger partial charge in [0.1, 0.15) is 0 Å². The first kappa shape index (κ1) is 21.9. The summed E-state index contributed by atoms with van der Waals surface area (Å²) in [6.45, 7) is 7.86. The van der Waals surface area contributed by atoms with E-state index in [1.165, 1.54) is 30.6 Å². The van der Waals surface area contributed by atoms with Crippen LogP contribution in [0.25, 0.3) is 0 Å². The van der Waals surface area contributed by atoms with E-state index in [1.807, 2.05) is 18.4 Å². The van der Waals surface area contributed by atoms with Crippen LogP contribution in [0.1, 0.15) is 43.5 Å². The van der Waals surface area contributed by atoms with E-state index >= 15 is 0 Å². The number of thiophene rings is 1. The molecule has 1 saturated heterocycles. The van der Waals surface area contributed by atoms with Crippen molar-refractivity contribution in [1.29, 1.82) is 0 Å². The van der Waals surface area contributed by atoms with E-state index in [0.29, 0.717) is 11.5 Å². The van der Waals surface area contributed by atoms with Crippen LogP contribution in [0.2, 0.25) is 0 Å². The van der Waals surface area contributed by atoms with Crippen LogP contribution in [0.4, 0.5) is 0 Å². The third-order valence-corrected chi connectivity index (χ3v) is 6.81. The number of ether oxygens (including phenoxy) is 1. The normalized spacial score (nSPS) is 21.4. The van der Waals surface area contributed by atoms with Gasteiger partial charge in [-0.3, -0.25) is 9.89 Å². The Balaban J connectivity index is 0.00000243. The zero-order valence-electron chi connectivity index (χ0n) is 16.0. The van der Waals surface area contributed by atoms with Crippen LogP contribution < -0.4 is 10.6 Å². The highest BCUT2D eigenvalue weighted by molar-refractivity contribution is 14.0. The minimum atomic E-state index is 0. The molecule has 0 amide bonds. The van der Waals surface area contributed by atoms with Gasteiger partial charge in [-0.2, -0.15) is 0 Å². The summed E-state index contributed by atoms with van der Waals surface area (Å²) in [5.74, 6) is 0.926. The first-order chi connectivity index (χ1) is 12.3. The Morgan fingerprint density at radius 2 is 2.12 bits per heavy atom. The van der Waals surface area contributed by atoms with Crippen LogP contribution in [0, 0.1) is 5.41 Å². The Morgan fingerprint density at radius 1 is 1.35 bits per heavy atom. The van der Waals surface area contributed by atoms with E-state index in [1.54, 1.807) is 0 Å². The Labute approximate surface area is 179 Å². The van der Waals surface area contributed by atoms with Gasteiger partial charge in [-0.25, -0.2) is 0 Å². The lowest BCUT2D eigenvalue weighted by molar-refractivity contribution is 0.0177. The molecule has 2 N–H and O–H groups in total. The number of hydrogen-bond donors (Lipinski definition) is 2. The second kappa shape index (κ2) is 10.8. The molecule has 0 aromatic carbocycles. The van der Waals surface area contributed by atoms with Crippen LogP contribution in [0.15, 0.2) is 22.5 Å². The number of morpholine rings is 1. The molecule has 1 unspecified atom stereocenters. The van der Waals surface area contributed by atoms with Crippen molar-refractivity contribution in [2.45, 2.75) is 38.6 Å². The lowest BCUT2D eigenvalue weighted by Crippen LogP contribution is -2.49. The monoisotopic (exact) mass is 492 g/mol. The van der Waals surface area contributed by atoms with Crippen LogP contribution in [-0.2, 0) is 4.74 Å². The topological polar surface area (TPSA) is 48.9 Å². The Hall–Kier alpha value is -0.380. The molecule has 26 heavy (non-hydrogen) atoms. The molecule has 1 aliphatic heterocycles. The zero-order chi connectivity index (χ0) is 17.5. The summed E-state index contributed by atoms with van der Waals surface area (Å²) in [5, 5.41) is 9.29. The van der Waals surface area contributed by atoms with E-state index < -0.39 is 0 Å². The van der Waals surface area contributed by atoms with Gasteiger partial charge in [-0.15, -0.1) is 35.3 Å². The maximum Gasteiger partial charge on any atom is 0.191 e. The van der Waals surface area contributed by atoms with Crippen molar-refractivity contribution in [3.8, 4) is 0 Å². The Kier molecular flexibility index (Phi) is 9.12. The molecule has 2 aliphatic rings. The predicted octanol–water partition coefficient (Wildman–Crippen LogP) is 3.48. The van der Waals surface area contributed by atoms with Gasteiger partial charge < -0.3 is 15.4 Å². The van der Waals surface area contributed by atoms with Crippen molar-refractivity contribution in [2.75, 3.05) is 46.4 Å². The van der Waals surface area contributed by atoms with Gasteiger partial charge in [0.2, 0.25) is 0 Å². The summed E-state index contributed by atoms with van der Waals surface area (Å²) >= 11 is 1.84. The van der Waals surface area contributed by atoms with Crippen LogP contribution >= 0.6 is 35.3 Å². The second-order valence-electron chi connectivity index (χ2n) is 7.19. The summed E-state index contributed by atoms with van der Waals surface area (Å²) in [4.78, 5) is 8.37. The lowest BCUT2D eigenvalue weighted by Gasteiger charge is -2.41. The molecule has 0 bridgehead atoms. The first-order valence-electron chi connectivity index (χ1n) is 9.56. The van der Waals surface area contributed by atoms with Crippen molar-refractivity contribution in [3.63, 3.8) is 0 Å². The quantitative estimate of drug-likeness (QED) is 0.348. The molecule has 7 heteroatoms. The molecule has 1 atom stereocenters. The molecule has 2 heterocycles. The van der Waals surface area contributed by atoms with Crippen molar-refractivity contribution in [1.82, 2.24) is 15.5 Å². The second-order valence-corrected chi connectivity index (χ2v) is 8.17. The number of halogens is 1. The van der Waals surface area contributed by atoms with Gasteiger partial charge >= 0.3 is 0 Å². The summed E-state index contributed by atoms with van der Waals surface area (Å²) in [6, 6.07) is 4.76.